The number of aryl methyl sites for hydroxylation is 2. The van der Waals surface area contributed by atoms with E-state index in [4.69, 9.17) is 21.2 Å². The SMILES string of the molecule is Cc1cc(C)c2c(c1Cl)C/C(=N\OCC(=O)N1CCCCC1)CCCC/C=C/CCOC2=O. The van der Waals surface area contributed by atoms with Gasteiger partial charge in [0.1, 0.15) is 0 Å². The summed E-state index contributed by atoms with van der Waals surface area (Å²) < 4.78 is 5.53. The molecule has 0 N–H and O–H groups in total. The molecule has 0 radical (unpaired) electrons. The third kappa shape index (κ3) is 7.32. The van der Waals surface area contributed by atoms with Crippen molar-refractivity contribution in [2.24, 2.45) is 5.16 Å². The molecule has 2 heterocycles. The number of halogens is 1. The van der Waals surface area contributed by atoms with Gasteiger partial charge < -0.3 is 14.5 Å². The number of carbonyl (C=O) groups excluding carboxylic acids is 2. The Morgan fingerprint density at radius 2 is 1.85 bits per heavy atom. The van der Waals surface area contributed by atoms with E-state index >= 15 is 0 Å². The molecular weight excluding hydrogens is 440 g/mol. The molecule has 0 aliphatic carbocycles. The predicted octanol–water partition coefficient (Wildman–Crippen LogP) is 5.56. The second-order valence-electron chi connectivity index (χ2n) is 8.87. The molecular formula is C26H35ClN2O4. The smallest absolute Gasteiger partial charge is 0.338 e. The molecule has 2 aliphatic heterocycles. The van der Waals surface area contributed by atoms with Crippen molar-refractivity contribution in [1.82, 2.24) is 4.90 Å². The van der Waals surface area contributed by atoms with Gasteiger partial charge in [-0.2, -0.15) is 0 Å². The number of rotatable bonds is 3. The van der Waals surface area contributed by atoms with Gasteiger partial charge in [-0.15, -0.1) is 0 Å². The summed E-state index contributed by atoms with van der Waals surface area (Å²) >= 11 is 6.68. The molecule has 1 fully saturated rings. The second kappa shape index (κ2) is 12.8. The first-order valence-corrected chi connectivity index (χ1v) is 12.4. The fourth-order valence-electron chi connectivity index (χ4n) is 4.40. The maximum Gasteiger partial charge on any atom is 0.338 e. The molecule has 0 saturated carbocycles. The van der Waals surface area contributed by atoms with Crippen LogP contribution in [-0.2, 0) is 20.8 Å². The standard InChI is InChI=1S/C26H35ClN2O4/c1-19-16-20(2)25(27)22-17-21(28-33-18-23(30)29-13-9-7-10-14-29)12-8-5-3-4-6-11-15-32-26(31)24(19)22/h4,6,16H,3,5,7-15,17-18H2,1-2H3/b6-4+,28-21-. The average Bonchev–Trinajstić information content (AvgIpc) is 2.80. The number of oxime groups is 1. The van der Waals surface area contributed by atoms with E-state index in [9.17, 15) is 9.59 Å². The maximum absolute atomic E-state index is 12.9. The third-order valence-corrected chi connectivity index (χ3v) is 6.71. The van der Waals surface area contributed by atoms with E-state index in [1.807, 2.05) is 24.8 Å². The quantitative estimate of drug-likeness (QED) is 0.326. The number of allylic oxidation sites excluding steroid dienone is 1. The summed E-state index contributed by atoms with van der Waals surface area (Å²) in [5.74, 6) is -0.394. The lowest BCUT2D eigenvalue weighted by atomic mass is 9.93. The van der Waals surface area contributed by atoms with Gasteiger partial charge >= 0.3 is 5.97 Å². The topological polar surface area (TPSA) is 68.2 Å². The normalized spacial score (nSPS) is 20.5. The number of piperidine rings is 1. The molecule has 1 aromatic carbocycles. The molecule has 2 aliphatic rings. The Balaban J connectivity index is 1.82. The van der Waals surface area contributed by atoms with E-state index in [0.717, 1.165) is 67.6 Å². The summed E-state index contributed by atoms with van der Waals surface area (Å²) in [6, 6.07) is 1.91. The molecule has 0 aromatic heterocycles. The van der Waals surface area contributed by atoms with E-state index in [2.05, 4.69) is 17.3 Å². The van der Waals surface area contributed by atoms with Crippen molar-refractivity contribution in [3.05, 3.63) is 45.5 Å². The zero-order valence-electron chi connectivity index (χ0n) is 19.8. The highest BCUT2D eigenvalue weighted by Crippen LogP contribution is 2.29. The van der Waals surface area contributed by atoms with E-state index in [1.165, 1.54) is 6.42 Å². The van der Waals surface area contributed by atoms with Crippen LogP contribution in [0.5, 0.6) is 0 Å². The first-order valence-electron chi connectivity index (χ1n) is 12.0. The van der Waals surface area contributed by atoms with Gasteiger partial charge in [0.25, 0.3) is 5.91 Å². The molecule has 33 heavy (non-hydrogen) atoms. The zero-order valence-corrected chi connectivity index (χ0v) is 20.6. The lowest BCUT2D eigenvalue weighted by molar-refractivity contribution is -0.137. The van der Waals surface area contributed by atoms with Gasteiger partial charge in [-0.1, -0.05) is 35.0 Å². The minimum atomic E-state index is -0.365. The third-order valence-electron chi connectivity index (χ3n) is 6.19. The van der Waals surface area contributed by atoms with Crippen LogP contribution in [0.3, 0.4) is 0 Å². The minimum absolute atomic E-state index is 0.0289. The van der Waals surface area contributed by atoms with E-state index in [-0.39, 0.29) is 18.5 Å². The molecule has 6 nitrogen and oxygen atoms in total. The van der Waals surface area contributed by atoms with Gasteiger partial charge in [0, 0.05) is 24.5 Å². The van der Waals surface area contributed by atoms with Gasteiger partial charge in [-0.25, -0.2) is 4.79 Å². The number of nitrogens with zero attached hydrogens (tertiary/aromatic N) is 2. The molecule has 3 rings (SSSR count). The van der Waals surface area contributed by atoms with Crippen molar-refractivity contribution < 1.29 is 19.2 Å². The molecule has 0 atom stereocenters. The van der Waals surface area contributed by atoms with Crippen LogP contribution in [0, 0.1) is 13.8 Å². The summed E-state index contributed by atoms with van der Waals surface area (Å²) in [6.07, 6.45) is 12.2. The van der Waals surface area contributed by atoms with E-state index in [1.54, 1.807) is 0 Å². The van der Waals surface area contributed by atoms with E-state index < -0.39 is 0 Å². The van der Waals surface area contributed by atoms with Crippen LogP contribution in [0.4, 0.5) is 0 Å². The number of cyclic esters (lactones) is 1. The van der Waals surface area contributed by atoms with Gasteiger partial charge in [0.15, 0.2) is 6.61 Å². The number of fused-ring (bicyclic) bond motifs is 1. The van der Waals surface area contributed by atoms with Crippen molar-refractivity contribution in [2.75, 3.05) is 26.3 Å². The van der Waals surface area contributed by atoms with Crippen LogP contribution in [0.2, 0.25) is 5.02 Å². The fourth-order valence-corrected chi connectivity index (χ4v) is 4.61. The number of hydrogen-bond acceptors (Lipinski definition) is 5. The number of likely N-dealkylation sites (tertiary alicyclic amines) is 1. The summed E-state index contributed by atoms with van der Waals surface area (Å²) in [4.78, 5) is 32.7. The maximum atomic E-state index is 12.9. The highest BCUT2D eigenvalue weighted by atomic mass is 35.5. The predicted molar refractivity (Wildman–Crippen MR) is 131 cm³/mol. The van der Waals surface area contributed by atoms with Gasteiger partial charge in [-0.3, -0.25) is 4.79 Å². The summed E-state index contributed by atoms with van der Waals surface area (Å²) in [6.45, 7) is 5.68. The van der Waals surface area contributed by atoms with Crippen molar-refractivity contribution in [2.45, 2.75) is 71.6 Å². The average molecular weight is 475 g/mol. The van der Waals surface area contributed by atoms with Crippen molar-refractivity contribution in [1.29, 1.82) is 0 Å². The number of ether oxygens (including phenoxy) is 1. The number of amides is 1. The Morgan fingerprint density at radius 3 is 2.64 bits per heavy atom. The van der Waals surface area contributed by atoms with Crippen molar-refractivity contribution in [3.63, 3.8) is 0 Å². The summed E-state index contributed by atoms with van der Waals surface area (Å²) in [7, 11) is 0. The number of carbonyl (C=O) groups is 2. The Morgan fingerprint density at radius 1 is 1.09 bits per heavy atom. The van der Waals surface area contributed by atoms with Crippen LogP contribution in [0.25, 0.3) is 0 Å². The molecule has 1 amide bonds. The fraction of sp³-hybridized carbons (Fsp3) is 0.577. The number of benzene rings is 1. The molecule has 7 heteroatoms. The Labute approximate surface area is 201 Å². The van der Waals surface area contributed by atoms with E-state index in [0.29, 0.717) is 36.5 Å². The molecule has 1 saturated heterocycles. The van der Waals surface area contributed by atoms with Crippen LogP contribution >= 0.6 is 11.6 Å². The monoisotopic (exact) mass is 474 g/mol. The Kier molecular flexibility index (Phi) is 9.79. The number of hydrogen-bond donors (Lipinski definition) is 0. The summed E-state index contributed by atoms with van der Waals surface area (Å²) in [5.41, 5.74) is 3.74. The van der Waals surface area contributed by atoms with Crippen LogP contribution < -0.4 is 0 Å². The van der Waals surface area contributed by atoms with Crippen LogP contribution in [0.15, 0.2) is 23.4 Å². The summed E-state index contributed by atoms with van der Waals surface area (Å²) in [5, 5.41) is 4.91. The molecule has 180 valence electrons. The van der Waals surface area contributed by atoms with Gasteiger partial charge in [0.2, 0.25) is 0 Å². The van der Waals surface area contributed by atoms with Crippen molar-refractivity contribution in [3.8, 4) is 0 Å². The number of esters is 1. The molecule has 0 spiro atoms. The highest BCUT2D eigenvalue weighted by molar-refractivity contribution is 6.33. The van der Waals surface area contributed by atoms with Crippen LogP contribution in [0.1, 0.15) is 78.4 Å². The molecule has 0 unspecified atom stereocenters. The second-order valence-corrected chi connectivity index (χ2v) is 9.25. The van der Waals surface area contributed by atoms with Gasteiger partial charge in [0.05, 0.1) is 17.9 Å². The largest absolute Gasteiger partial charge is 0.462 e. The zero-order chi connectivity index (χ0) is 23.6. The van der Waals surface area contributed by atoms with Crippen LogP contribution in [-0.4, -0.2) is 48.8 Å². The minimum Gasteiger partial charge on any atom is -0.462 e. The van der Waals surface area contributed by atoms with Crippen molar-refractivity contribution >= 4 is 29.2 Å². The lowest BCUT2D eigenvalue weighted by Gasteiger charge is -2.26. The van der Waals surface area contributed by atoms with Gasteiger partial charge in [-0.05, 0) is 81.9 Å². The Hall–Kier alpha value is -2.34. The lowest BCUT2D eigenvalue weighted by Crippen LogP contribution is -2.37. The first kappa shape index (κ1) is 25.3. The molecule has 0 bridgehead atoms. The first-order chi connectivity index (χ1) is 16.0. The Bertz CT molecular complexity index is 904. The molecule has 1 aromatic rings. The highest BCUT2D eigenvalue weighted by Gasteiger charge is 2.22.